The van der Waals surface area contributed by atoms with Crippen LogP contribution in [-0.4, -0.2) is 35.3 Å². The smallest absolute Gasteiger partial charge is 0.319 e. The summed E-state index contributed by atoms with van der Waals surface area (Å²) in [7, 11) is 2.82. The molecule has 0 aliphatic heterocycles. The molecular formula is C8H9BrN2O4. The molecule has 0 unspecified atom stereocenters. The largest absolute Gasteiger partial charge is 0.481 e. The molecule has 15 heavy (non-hydrogen) atoms. The number of hydrogen-bond acceptors (Lipinski definition) is 5. The van der Waals surface area contributed by atoms with Gasteiger partial charge in [0.25, 0.3) is 0 Å². The summed E-state index contributed by atoms with van der Waals surface area (Å²) >= 11 is 3.16. The van der Waals surface area contributed by atoms with E-state index in [2.05, 4.69) is 25.9 Å². The monoisotopic (exact) mass is 276 g/mol. The van der Waals surface area contributed by atoms with E-state index in [1.807, 2.05) is 0 Å². The number of hydrogen-bond donors (Lipinski definition) is 1. The number of carbonyl (C=O) groups is 1. The van der Waals surface area contributed by atoms with Crippen LogP contribution in [0.3, 0.4) is 0 Å². The van der Waals surface area contributed by atoms with Crippen LogP contribution in [0.4, 0.5) is 0 Å². The van der Waals surface area contributed by atoms with Crippen LogP contribution in [0.15, 0.2) is 4.47 Å². The SMILES string of the molecule is COc1nc(CC(=O)O)c(Br)c(OC)n1. The predicted octanol–water partition coefficient (Wildman–Crippen LogP) is 0.883. The van der Waals surface area contributed by atoms with Crippen molar-refractivity contribution in [3.8, 4) is 11.9 Å². The molecule has 1 N–H and O–H groups in total. The molecule has 0 radical (unpaired) electrons. The van der Waals surface area contributed by atoms with Gasteiger partial charge in [-0.15, -0.1) is 0 Å². The highest BCUT2D eigenvalue weighted by Crippen LogP contribution is 2.27. The number of aromatic nitrogens is 2. The van der Waals surface area contributed by atoms with Gasteiger partial charge in [-0.1, -0.05) is 0 Å². The van der Waals surface area contributed by atoms with Gasteiger partial charge in [-0.2, -0.15) is 9.97 Å². The Morgan fingerprint density at radius 3 is 2.53 bits per heavy atom. The summed E-state index contributed by atoms with van der Waals surface area (Å²) in [5.41, 5.74) is 0.311. The Labute approximate surface area is 94.4 Å². The lowest BCUT2D eigenvalue weighted by molar-refractivity contribution is -0.136. The second-order valence-electron chi connectivity index (χ2n) is 2.55. The molecule has 0 amide bonds. The van der Waals surface area contributed by atoms with Gasteiger partial charge in [-0.3, -0.25) is 4.79 Å². The van der Waals surface area contributed by atoms with Crippen molar-refractivity contribution >= 4 is 21.9 Å². The molecule has 1 heterocycles. The van der Waals surface area contributed by atoms with E-state index in [1.165, 1.54) is 14.2 Å². The molecule has 7 heteroatoms. The van der Waals surface area contributed by atoms with Crippen LogP contribution in [-0.2, 0) is 11.2 Å². The summed E-state index contributed by atoms with van der Waals surface area (Å²) in [6.07, 6.45) is -0.226. The minimum Gasteiger partial charge on any atom is -0.481 e. The Bertz CT molecular complexity index is 383. The van der Waals surface area contributed by atoms with Crippen molar-refractivity contribution in [1.82, 2.24) is 9.97 Å². The molecule has 0 saturated carbocycles. The van der Waals surface area contributed by atoms with Gasteiger partial charge in [0.2, 0.25) is 5.88 Å². The lowest BCUT2D eigenvalue weighted by atomic mass is 10.3. The number of nitrogens with zero attached hydrogens (tertiary/aromatic N) is 2. The van der Waals surface area contributed by atoms with Crippen LogP contribution in [0.25, 0.3) is 0 Å². The first kappa shape index (κ1) is 11.7. The minimum atomic E-state index is -0.987. The Kier molecular flexibility index (Phi) is 3.84. The standard InChI is InChI=1S/C8H9BrN2O4/c1-14-7-6(9)4(3-5(12)13)10-8(11-7)15-2/h3H2,1-2H3,(H,12,13). The first-order chi connectivity index (χ1) is 7.08. The van der Waals surface area contributed by atoms with Crippen LogP contribution in [0.2, 0.25) is 0 Å². The lowest BCUT2D eigenvalue weighted by Crippen LogP contribution is -2.07. The predicted molar refractivity (Wildman–Crippen MR) is 54.2 cm³/mol. The van der Waals surface area contributed by atoms with E-state index in [0.717, 1.165) is 0 Å². The summed E-state index contributed by atoms with van der Waals surface area (Å²) in [4.78, 5) is 18.3. The van der Waals surface area contributed by atoms with Gasteiger partial charge >= 0.3 is 12.0 Å². The average Bonchev–Trinajstić information content (AvgIpc) is 2.20. The molecule has 0 fully saturated rings. The van der Waals surface area contributed by atoms with Gasteiger partial charge < -0.3 is 14.6 Å². The molecule has 0 bridgehead atoms. The van der Waals surface area contributed by atoms with E-state index < -0.39 is 5.97 Å². The third kappa shape index (κ3) is 2.79. The van der Waals surface area contributed by atoms with Crippen LogP contribution in [0.1, 0.15) is 5.69 Å². The van der Waals surface area contributed by atoms with E-state index in [0.29, 0.717) is 10.2 Å². The van der Waals surface area contributed by atoms with Gasteiger partial charge in [-0.05, 0) is 15.9 Å². The average molecular weight is 277 g/mol. The van der Waals surface area contributed by atoms with E-state index in [9.17, 15) is 4.79 Å². The van der Waals surface area contributed by atoms with Gasteiger partial charge in [0, 0.05) is 0 Å². The van der Waals surface area contributed by atoms with E-state index >= 15 is 0 Å². The number of aliphatic carboxylic acids is 1. The third-order valence-corrected chi connectivity index (χ3v) is 2.36. The normalized spacial score (nSPS) is 9.80. The molecule has 1 rings (SSSR count). The summed E-state index contributed by atoms with van der Waals surface area (Å²) in [6.45, 7) is 0. The van der Waals surface area contributed by atoms with Gasteiger partial charge in [0.05, 0.1) is 26.3 Å². The number of carboxylic acid groups (broad SMARTS) is 1. The van der Waals surface area contributed by atoms with E-state index in [-0.39, 0.29) is 18.3 Å². The highest BCUT2D eigenvalue weighted by Gasteiger charge is 2.15. The van der Waals surface area contributed by atoms with Crippen LogP contribution >= 0.6 is 15.9 Å². The first-order valence-electron chi connectivity index (χ1n) is 3.94. The molecule has 0 aliphatic rings. The number of carboxylic acids is 1. The maximum atomic E-state index is 10.6. The van der Waals surface area contributed by atoms with Gasteiger partial charge in [-0.25, -0.2) is 0 Å². The molecule has 0 atom stereocenters. The van der Waals surface area contributed by atoms with Crippen LogP contribution in [0, 0.1) is 0 Å². The summed E-state index contributed by atoms with van der Waals surface area (Å²) in [5.74, 6) is -0.739. The number of halogens is 1. The lowest BCUT2D eigenvalue weighted by Gasteiger charge is -2.07. The van der Waals surface area contributed by atoms with E-state index in [1.54, 1.807) is 0 Å². The van der Waals surface area contributed by atoms with Crippen LogP contribution in [0.5, 0.6) is 11.9 Å². The van der Waals surface area contributed by atoms with Crippen molar-refractivity contribution in [2.75, 3.05) is 14.2 Å². The minimum absolute atomic E-state index is 0.0753. The fourth-order valence-corrected chi connectivity index (χ4v) is 1.42. The van der Waals surface area contributed by atoms with Gasteiger partial charge in [0.15, 0.2) is 0 Å². The zero-order valence-corrected chi connectivity index (χ0v) is 9.74. The second-order valence-corrected chi connectivity index (χ2v) is 3.34. The maximum absolute atomic E-state index is 10.6. The molecule has 82 valence electrons. The second kappa shape index (κ2) is 4.92. The third-order valence-electron chi connectivity index (χ3n) is 1.56. The highest BCUT2D eigenvalue weighted by atomic mass is 79.9. The van der Waals surface area contributed by atoms with Crippen LogP contribution < -0.4 is 9.47 Å². The number of ether oxygens (including phenoxy) is 2. The Morgan fingerprint density at radius 2 is 2.07 bits per heavy atom. The molecule has 0 aromatic carbocycles. The fraction of sp³-hybridized carbons (Fsp3) is 0.375. The Hall–Kier alpha value is -1.37. The zero-order chi connectivity index (χ0) is 11.4. The molecule has 0 aliphatic carbocycles. The summed E-state index contributed by atoms with van der Waals surface area (Å²) < 4.78 is 10.2. The summed E-state index contributed by atoms with van der Waals surface area (Å²) in [5, 5.41) is 8.66. The Balaban J connectivity index is 3.17. The summed E-state index contributed by atoms with van der Waals surface area (Å²) in [6, 6.07) is 0.0753. The van der Waals surface area contributed by atoms with Crippen molar-refractivity contribution < 1.29 is 19.4 Å². The van der Waals surface area contributed by atoms with Crippen molar-refractivity contribution in [2.24, 2.45) is 0 Å². The molecule has 0 spiro atoms. The zero-order valence-electron chi connectivity index (χ0n) is 8.15. The molecule has 1 aromatic heterocycles. The molecule has 1 aromatic rings. The number of methoxy groups -OCH3 is 2. The van der Waals surface area contributed by atoms with Gasteiger partial charge in [0.1, 0.15) is 4.47 Å². The fourth-order valence-electron chi connectivity index (χ4n) is 0.936. The topological polar surface area (TPSA) is 81.5 Å². The Morgan fingerprint density at radius 1 is 1.40 bits per heavy atom. The molecule has 0 saturated heterocycles. The maximum Gasteiger partial charge on any atom is 0.319 e. The van der Waals surface area contributed by atoms with Crippen molar-refractivity contribution in [3.63, 3.8) is 0 Å². The van der Waals surface area contributed by atoms with Crippen molar-refractivity contribution in [2.45, 2.75) is 6.42 Å². The molecule has 6 nitrogen and oxygen atoms in total. The quantitative estimate of drug-likeness (QED) is 0.879. The van der Waals surface area contributed by atoms with Crippen molar-refractivity contribution in [3.05, 3.63) is 10.2 Å². The van der Waals surface area contributed by atoms with E-state index in [4.69, 9.17) is 14.6 Å². The molecular weight excluding hydrogens is 268 g/mol. The van der Waals surface area contributed by atoms with Crippen molar-refractivity contribution in [1.29, 1.82) is 0 Å². The number of rotatable bonds is 4. The highest BCUT2D eigenvalue weighted by molar-refractivity contribution is 9.10. The first-order valence-corrected chi connectivity index (χ1v) is 4.74.